The lowest BCUT2D eigenvalue weighted by molar-refractivity contribution is 1.18. The molecular weight excluding hydrogens is 224 g/mol. The van der Waals surface area contributed by atoms with Crippen molar-refractivity contribution in [3.63, 3.8) is 0 Å². The minimum atomic E-state index is 0.700. The van der Waals surface area contributed by atoms with Crippen molar-refractivity contribution < 1.29 is 0 Å². The molecule has 3 rings (SSSR count). The Kier molecular flexibility index (Phi) is 2.07. The van der Waals surface area contributed by atoms with Gasteiger partial charge in [0.15, 0.2) is 4.77 Å². The van der Waals surface area contributed by atoms with Gasteiger partial charge in [0.1, 0.15) is 0 Å². The Bertz CT molecular complexity index is 543. The second-order valence-electron chi connectivity index (χ2n) is 4.09. The van der Waals surface area contributed by atoms with E-state index in [-0.39, 0.29) is 0 Å². The number of H-pyrrole nitrogens is 2. The van der Waals surface area contributed by atoms with Crippen molar-refractivity contribution in [3.05, 3.63) is 27.5 Å². The highest BCUT2D eigenvalue weighted by atomic mass is 32.1. The molecule has 0 saturated heterocycles. The van der Waals surface area contributed by atoms with E-state index in [1.807, 2.05) is 17.5 Å². The Morgan fingerprint density at radius 3 is 2.87 bits per heavy atom. The Morgan fingerprint density at radius 1 is 1.47 bits per heavy atom. The smallest absolute Gasteiger partial charge is 0.174 e. The number of hydrogen-bond acceptors (Lipinski definition) is 2. The maximum atomic E-state index is 5.04. The highest BCUT2D eigenvalue weighted by Gasteiger charge is 2.26. The molecule has 15 heavy (non-hydrogen) atoms. The fourth-order valence-electron chi connectivity index (χ4n) is 1.80. The van der Waals surface area contributed by atoms with Gasteiger partial charge in [-0.25, -0.2) is 0 Å². The summed E-state index contributed by atoms with van der Waals surface area (Å²) < 4.78 is 0.700. The number of hydrogen-bond donors (Lipinski definition) is 2. The molecule has 2 aromatic heterocycles. The van der Waals surface area contributed by atoms with E-state index in [2.05, 4.69) is 23.0 Å². The molecule has 4 heteroatoms. The van der Waals surface area contributed by atoms with Crippen molar-refractivity contribution in [1.82, 2.24) is 9.97 Å². The minimum Gasteiger partial charge on any atom is -0.337 e. The molecule has 0 amide bonds. The first-order valence-corrected chi connectivity index (χ1v) is 6.35. The Morgan fingerprint density at radius 2 is 2.27 bits per heavy atom. The molecule has 2 nitrogen and oxygen atoms in total. The number of aryl methyl sites for hydroxylation is 1. The van der Waals surface area contributed by atoms with E-state index in [1.165, 1.54) is 28.2 Å². The van der Waals surface area contributed by atoms with Gasteiger partial charge in [0.2, 0.25) is 0 Å². The Balaban J connectivity index is 2.07. The monoisotopic (exact) mass is 236 g/mol. The van der Waals surface area contributed by atoms with Gasteiger partial charge < -0.3 is 9.97 Å². The average molecular weight is 236 g/mol. The van der Waals surface area contributed by atoms with Gasteiger partial charge in [0, 0.05) is 11.1 Å². The summed E-state index contributed by atoms with van der Waals surface area (Å²) in [4.78, 5) is 9.04. The van der Waals surface area contributed by atoms with Crippen molar-refractivity contribution in [2.24, 2.45) is 0 Å². The summed E-state index contributed by atoms with van der Waals surface area (Å²) >= 11 is 6.94. The normalized spacial score (nSPS) is 15.8. The van der Waals surface area contributed by atoms with Crippen LogP contribution in [0.25, 0.3) is 10.6 Å². The van der Waals surface area contributed by atoms with Gasteiger partial charge in [-0.2, -0.15) is 0 Å². The molecule has 1 saturated carbocycles. The molecule has 78 valence electrons. The molecule has 2 heterocycles. The summed E-state index contributed by atoms with van der Waals surface area (Å²) in [6.07, 6.45) is 4.68. The second-order valence-corrected chi connectivity index (χ2v) is 5.58. The maximum absolute atomic E-state index is 5.04. The number of aromatic amines is 2. The average Bonchev–Trinajstić information content (AvgIpc) is 2.86. The van der Waals surface area contributed by atoms with Crippen LogP contribution in [0.3, 0.4) is 0 Å². The molecule has 0 atom stereocenters. The first-order valence-electron chi connectivity index (χ1n) is 5.12. The summed E-state index contributed by atoms with van der Waals surface area (Å²) in [6.45, 7) is 2.17. The Hall–Kier alpha value is -0.870. The summed E-state index contributed by atoms with van der Waals surface area (Å²) in [5.41, 5.74) is 2.47. The lowest BCUT2D eigenvalue weighted by Gasteiger charge is -1.92. The second kappa shape index (κ2) is 3.32. The molecule has 2 N–H and O–H groups in total. The third-order valence-electron chi connectivity index (χ3n) is 2.76. The van der Waals surface area contributed by atoms with Gasteiger partial charge in [-0.15, -0.1) is 11.3 Å². The largest absolute Gasteiger partial charge is 0.337 e. The zero-order valence-electron chi connectivity index (χ0n) is 8.46. The molecular formula is C11H12N2S2. The fourth-order valence-corrected chi connectivity index (χ4v) is 3.28. The number of imidazole rings is 1. The van der Waals surface area contributed by atoms with E-state index in [0.29, 0.717) is 4.77 Å². The van der Waals surface area contributed by atoms with E-state index in [9.17, 15) is 0 Å². The van der Waals surface area contributed by atoms with E-state index < -0.39 is 0 Å². The standard InChI is InChI=1S/C11H12N2S2/c1-6-4-9(7-2-3-7)15-10(6)8-5-12-11(14)13-8/h4-5,7H,2-3H2,1H3,(H2,12,13,14). The molecule has 2 aromatic rings. The van der Waals surface area contributed by atoms with Crippen LogP contribution < -0.4 is 0 Å². The van der Waals surface area contributed by atoms with Crippen LogP contribution in [0, 0.1) is 11.7 Å². The number of thiophene rings is 1. The van der Waals surface area contributed by atoms with Crippen molar-refractivity contribution in [1.29, 1.82) is 0 Å². The first kappa shape index (κ1) is 9.36. The third kappa shape index (κ3) is 1.68. The summed E-state index contributed by atoms with van der Waals surface area (Å²) in [7, 11) is 0. The predicted octanol–water partition coefficient (Wildman–Crippen LogP) is 3.99. The summed E-state index contributed by atoms with van der Waals surface area (Å²) in [5.74, 6) is 0.837. The van der Waals surface area contributed by atoms with Crippen LogP contribution in [0.4, 0.5) is 0 Å². The number of rotatable bonds is 2. The van der Waals surface area contributed by atoms with Crippen LogP contribution in [0.5, 0.6) is 0 Å². The van der Waals surface area contributed by atoms with Crippen LogP contribution in [0.2, 0.25) is 0 Å². The Labute approximate surface area is 97.4 Å². The molecule has 1 aliphatic carbocycles. The van der Waals surface area contributed by atoms with Crippen molar-refractivity contribution >= 4 is 23.6 Å². The summed E-state index contributed by atoms with van der Waals surface area (Å²) in [6, 6.07) is 2.32. The van der Waals surface area contributed by atoms with Crippen LogP contribution in [-0.4, -0.2) is 9.97 Å². The van der Waals surface area contributed by atoms with Crippen molar-refractivity contribution in [3.8, 4) is 10.6 Å². The van der Waals surface area contributed by atoms with E-state index in [1.54, 1.807) is 0 Å². The molecule has 0 aliphatic heterocycles. The van der Waals surface area contributed by atoms with E-state index in [4.69, 9.17) is 12.2 Å². The SMILES string of the molecule is Cc1cc(C2CC2)sc1-c1c[nH]c(=S)[nH]1. The summed E-state index contributed by atoms with van der Waals surface area (Å²) in [5, 5.41) is 0. The van der Waals surface area contributed by atoms with Gasteiger partial charge >= 0.3 is 0 Å². The van der Waals surface area contributed by atoms with Crippen LogP contribution >= 0.6 is 23.6 Å². The molecule has 1 fully saturated rings. The van der Waals surface area contributed by atoms with Gasteiger partial charge in [-0.3, -0.25) is 0 Å². The zero-order chi connectivity index (χ0) is 10.4. The first-order chi connectivity index (χ1) is 7.24. The lowest BCUT2D eigenvalue weighted by atomic mass is 10.2. The highest BCUT2D eigenvalue weighted by molar-refractivity contribution is 7.71. The van der Waals surface area contributed by atoms with Gasteiger partial charge in [0.25, 0.3) is 0 Å². The molecule has 0 spiro atoms. The number of nitrogens with one attached hydrogen (secondary N) is 2. The van der Waals surface area contributed by atoms with Crippen LogP contribution in [0.1, 0.15) is 29.2 Å². The fraction of sp³-hybridized carbons (Fsp3) is 0.364. The lowest BCUT2D eigenvalue weighted by Crippen LogP contribution is -1.73. The predicted molar refractivity (Wildman–Crippen MR) is 66.0 cm³/mol. The molecule has 1 aliphatic rings. The van der Waals surface area contributed by atoms with Gasteiger partial charge in [0.05, 0.1) is 10.6 Å². The number of aromatic nitrogens is 2. The van der Waals surface area contributed by atoms with Crippen LogP contribution in [-0.2, 0) is 0 Å². The van der Waals surface area contributed by atoms with Gasteiger partial charge in [-0.05, 0) is 49.5 Å². The van der Waals surface area contributed by atoms with E-state index in [0.717, 1.165) is 11.6 Å². The zero-order valence-corrected chi connectivity index (χ0v) is 10.1. The molecule has 0 radical (unpaired) electrons. The van der Waals surface area contributed by atoms with Crippen molar-refractivity contribution in [2.45, 2.75) is 25.7 Å². The topological polar surface area (TPSA) is 31.6 Å². The highest BCUT2D eigenvalue weighted by Crippen LogP contribution is 2.46. The van der Waals surface area contributed by atoms with Crippen LogP contribution in [0.15, 0.2) is 12.3 Å². The molecule has 0 aromatic carbocycles. The quantitative estimate of drug-likeness (QED) is 0.759. The molecule has 0 bridgehead atoms. The van der Waals surface area contributed by atoms with Crippen molar-refractivity contribution in [2.75, 3.05) is 0 Å². The van der Waals surface area contributed by atoms with E-state index >= 15 is 0 Å². The minimum absolute atomic E-state index is 0.700. The van der Waals surface area contributed by atoms with Gasteiger partial charge in [-0.1, -0.05) is 0 Å². The third-order valence-corrected chi connectivity index (χ3v) is 4.41. The molecule has 0 unspecified atom stereocenters. The maximum Gasteiger partial charge on any atom is 0.174 e.